The SMILES string of the molecule is Cc1cccc(NC(=O)COc2ccc(Br)cc2/C=C2\SC(=O)N(CCOc3cccc4ccccc34)C2=O)c1. The standard InChI is InChI=1S/C31H25BrN2O5S/c1-20-6-4-9-24(16-20)33-29(35)19-39-26-13-12-23(32)17-22(26)18-28-30(36)34(31(37)40-28)14-15-38-27-11-5-8-21-7-2-3-10-25(21)27/h2-13,16-18H,14-15,19H2,1H3,(H,33,35)/b28-18-. The van der Waals surface area contributed by atoms with Crippen LogP contribution in [0.1, 0.15) is 11.1 Å². The summed E-state index contributed by atoms with van der Waals surface area (Å²) in [4.78, 5) is 39.7. The zero-order chi connectivity index (χ0) is 28.1. The van der Waals surface area contributed by atoms with Crippen LogP contribution in [-0.2, 0) is 9.59 Å². The molecule has 0 unspecified atom stereocenters. The molecule has 1 N–H and O–H groups in total. The normalized spacial score (nSPS) is 14.2. The van der Waals surface area contributed by atoms with E-state index in [-0.39, 0.29) is 35.8 Å². The molecule has 0 aromatic heterocycles. The summed E-state index contributed by atoms with van der Waals surface area (Å²) in [6.07, 6.45) is 1.61. The minimum atomic E-state index is -0.403. The van der Waals surface area contributed by atoms with Crippen LogP contribution in [-0.4, -0.2) is 41.7 Å². The number of hydrogen-bond donors (Lipinski definition) is 1. The number of benzene rings is 4. The Bertz CT molecular complexity index is 1630. The molecule has 0 radical (unpaired) electrons. The minimum Gasteiger partial charge on any atom is -0.491 e. The van der Waals surface area contributed by atoms with Crippen molar-refractivity contribution in [2.45, 2.75) is 6.92 Å². The highest BCUT2D eigenvalue weighted by Gasteiger charge is 2.35. The Hall–Kier alpha value is -4.08. The number of carbonyl (C=O) groups is 3. The molecule has 0 atom stereocenters. The molecule has 1 saturated heterocycles. The van der Waals surface area contributed by atoms with Crippen molar-refractivity contribution >= 4 is 67.3 Å². The van der Waals surface area contributed by atoms with Crippen molar-refractivity contribution in [1.29, 1.82) is 0 Å². The fourth-order valence-electron chi connectivity index (χ4n) is 4.23. The first kappa shape index (κ1) is 27.5. The Morgan fingerprint density at radius 2 is 1.75 bits per heavy atom. The molecule has 1 heterocycles. The number of rotatable bonds is 9. The van der Waals surface area contributed by atoms with Gasteiger partial charge in [0.15, 0.2) is 6.61 Å². The predicted molar refractivity (Wildman–Crippen MR) is 162 cm³/mol. The van der Waals surface area contributed by atoms with E-state index >= 15 is 0 Å². The number of ether oxygens (including phenoxy) is 2. The molecular weight excluding hydrogens is 592 g/mol. The second-order valence-corrected chi connectivity index (χ2v) is 11.0. The quantitative estimate of drug-likeness (QED) is 0.203. The first-order valence-corrected chi connectivity index (χ1v) is 14.1. The molecule has 0 saturated carbocycles. The molecule has 202 valence electrons. The number of nitrogens with one attached hydrogen (secondary N) is 1. The van der Waals surface area contributed by atoms with E-state index in [1.165, 1.54) is 4.90 Å². The van der Waals surface area contributed by atoms with Crippen LogP contribution in [0.2, 0.25) is 0 Å². The largest absolute Gasteiger partial charge is 0.491 e. The second-order valence-electron chi connectivity index (χ2n) is 9.05. The van der Waals surface area contributed by atoms with Crippen LogP contribution < -0.4 is 14.8 Å². The number of imide groups is 1. The van der Waals surface area contributed by atoms with Gasteiger partial charge in [-0.1, -0.05) is 64.5 Å². The van der Waals surface area contributed by atoms with Gasteiger partial charge in [0, 0.05) is 21.1 Å². The smallest absolute Gasteiger partial charge is 0.293 e. The third-order valence-corrected chi connectivity index (χ3v) is 7.52. The van der Waals surface area contributed by atoms with E-state index in [1.54, 1.807) is 30.3 Å². The molecular formula is C31H25BrN2O5S. The molecule has 0 spiro atoms. The Labute approximate surface area is 244 Å². The van der Waals surface area contributed by atoms with Crippen LogP contribution in [0.15, 0.2) is 94.3 Å². The van der Waals surface area contributed by atoms with E-state index < -0.39 is 5.91 Å². The van der Waals surface area contributed by atoms with Crippen molar-refractivity contribution in [3.05, 3.63) is 105 Å². The summed E-state index contributed by atoms with van der Waals surface area (Å²) in [5.74, 6) is 0.391. The maximum Gasteiger partial charge on any atom is 0.293 e. The van der Waals surface area contributed by atoms with Crippen molar-refractivity contribution in [3.8, 4) is 11.5 Å². The third-order valence-electron chi connectivity index (χ3n) is 6.11. The predicted octanol–water partition coefficient (Wildman–Crippen LogP) is 7.04. The first-order chi connectivity index (χ1) is 19.4. The number of hydrogen-bond acceptors (Lipinski definition) is 6. The fraction of sp³-hybridized carbons (Fsp3) is 0.129. The van der Waals surface area contributed by atoms with Crippen LogP contribution in [0.4, 0.5) is 10.5 Å². The Kier molecular flexibility index (Phi) is 8.52. The highest BCUT2D eigenvalue weighted by atomic mass is 79.9. The lowest BCUT2D eigenvalue weighted by atomic mass is 10.1. The molecule has 5 rings (SSSR count). The molecule has 1 aliphatic heterocycles. The molecule has 4 aromatic rings. The van der Waals surface area contributed by atoms with Gasteiger partial charge in [-0.2, -0.15) is 0 Å². The van der Waals surface area contributed by atoms with Gasteiger partial charge < -0.3 is 14.8 Å². The van der Waals surface area contributed by atoms with Crippen LogP contribution in [0.25, 0.3) is 16.8 Å². The summed E-state index contributed by atoms with van der Waals surface area (Å²) in [5, 5.41) is 4.46. The number of halogens is 1. The molecule has 7 nitrogen and oxygen atoms in total. The number of amides is 3. The topological polar surface area (TPSA) is 84.9 Å². The monoisotopic (exact) mass is 616 g/mol. The average Bonchev–Trinajstić information content (AvgIpc) is 3.20. The van der Waals surface area contributed by atoms with Gasteiger partial charge >= 0.3 is 0 Å². The zero-order valence-corrected chi connectivity index (χ0v) is 24.0. The van der Waals surface area contributed by atoms with Gasteiger partial charge in [0.2, 0.25) is 0 Å². The molecule has 9 heteroatoms. The van der Waals surface area contributed by atoms with E-state index in [2.05, 4.69) is 21.2 Å². The summed E-state index contributed by atoms with van der Waals surface area (Å²) in [5.41, 5.74) is 2.28. The number of carbonyl (C=O) groups excluding carboxylic acids is 3. The van der Waals surface area contributed by atoms with Gasteiger partial charge in [0.1, 0.15) is 18.1 Å². The van der Waals surface area contributed by atoms with Crippen LogP contribution in [0.3, 0.4) is 0 Å². The van der Waals surface area contributed by atoms with Gasteiger partial charge in [0.05, 0.1) is 11.4 Å². The summed E-state index contributed by atoms with van der Waals surface area (Å²) < 4.78 is 12.5. The lowest BCUT2D eigenvalue weighted by molar-refractivity contribution is -0.123. The number of aryl methyl sites for hydroxylation is 1. The minimum absolute atomic E-state index is 0.117. The first-order valence-electron chi connectivity index (χ1n) is 12.5. The highest BCUT2D eigenvalue weighted by molar-refractivity contribution is 9.10. The van der Waals surface area contributed by atoms with Gasteiger partial charge in [0.25, 0.3) is 17.1 Å². The second kappa shape index (κ2) is 12.4. The van der Waals surface area contributed by atoms with Crippen molar-refractivity contribution in [3.63, 3.8) is 0 Å². The van der Waals surface area contributed by atoms with Crippen LogP contribution in [0, 0.1) is 6.92 Å². The molecule has 0 bridgehead atoms. The number of thioether (sulfide) groups is 1. The summed E-state index contributed by atoms with van der Waals surface area (Å²) in [7, 11) is 0. The van der Waals surface area contributed by atoms with E-state index in [4.69, 9.17) is 9.47 Å². The van der Waals surface area contributed by atoms with E-state index in [0.29, 0.717) is 22.7 Å². The summed E-state index contributed by atoms with van der Waals surface area (Å²) in [6, 6.07) is 26.4. The Morgan fingerprint density at radius 3 is 2.60 bits per heavy atom. The van der Waals surface area contributed by atoms with Gasteiger partial charge in [-0.05, 0) is 72.1 Å². The Balaban J connectivity index is 1.24. The maximum absolute atomic E-state index is 13.1. The maximum atomic E-state index is 13.1. The molecule has 0 aliphatic carbocycles. The molecule has 1 fully saturated rings. The van der Waals surface area contributed by atoms with Crippen LogP contribution in [0.5, 0.6) is 11.5 Å². The van der Waals surface area contributed by atoms with Gasteiger partial charge in [-0.25, -0.2) is 0 Å². The Morgan fingerprint density at radius 1 is 0.950 bits per heavy atom. The van der Waals surface area contributed by atoms with E-state index in [0.717, 1.165) is 32.6 Å². The fourth-order valence-corrected chi connectivity index (χ4v) is 5.46. The zero-order valence-electron chi connectivity index (χ0n) is 21.6. The van der Waals surface area contributed by atoms with Crippen molar-refractivity contribution < 1.29 is 23.9 Å². The van der Waals surface area contributed by atoms with E-state index in [1.807, 2.05) is 67.6 Å². The van der Waals surface area contributed by atoms with Crippen molar-refractivity contribution in [2.75, 3.05) is 25.1 Å². The molecule has 1 aliphatic rings. The van der Waals surface area contributed by atoms with Crippen LogP contribution >= 0.6 is 27.7 Å². The highest BCUT2D eigenvalue weighted by Crippen LogP contribution is 2.35. The molecule has 4 aromatic carbocycles. The van der Waals surface area contributed by atoms with E-state index in [9.17, 15) is 14.4 Å². The van der Waals surface area contributed by atoms with Gasteiger partial charge in [-0.15, -0.1) is 0 Å². The molecule has 3 amide bonds. The van der Waals surface area contributed by atoms with Gasteiger partial charge in [-0.3, -0.25) is 19.3 Å². The van der Waals surface area contributed by atoms with Crippen molar-refractivity contribution in [1.82, 2.24) is 4.90 Å². The summed E-state index contributed by atoms with van der Waals surface area (Å²) in [6.45, 7) is 2.01. The lowest BCUT2D eigenvalue weighted by Crippen LogP contribution is -2.32. The molecule has 40 heavy (non-hydrogen) atoms. The number of fused-ring (bicyclic) bond motifs is 1. The summed E-state index contributed by atoms with van der Waals surface area (Å²) >= 11 is 4.30. The van der Waals surface area contributed by atoms with Crippen molar-refractivity contribution in [2.24, 2.45) is 0 Å². The number of nitrogens with zero attached hydrogens (tertiary/aromatic N) is 1. The number of anilines is 1. The lowest BCUT2D eigenvalue weighted by Gasteiger charge is -2.14. The average molecular weight is 618 g/mol. The third kappa shape index (κ3) is 6.55.